The summed E-state index contributed by atoms with van der Waals surface area (Å²) in [5.41, 5.74) is 7.42. The highest BCUT2D eigenvalue weighted by atomic mass is 35.5. The summed E-state index contributed by atoms with van der Waals surface area (Å²) in [6, 6.07) is 11.3. The summed E-state index contributed by atoms with van der Waals surface area (Å²) in [7, 11) is 0. The lowest BCUT2D eigenvalue weighted by Crippen LogP contribution is -2.33. The zero-order valence-electron chi connectivity index (χ0n) is 11.8. The van der Waals surface area contributed by atoms with Crippen LogP contribution in [0.3, 0.4) is 0 Å². The first-order chi connectivity index (χ1) is 9.70. The van der Waals surface area contributed by atoms with Gasteiger partial charge in [-0.15, -0.1) is 12.4 Å². The minimum atomic E-state index is -0.334. The largest absolute Gasteiger partial charge is 0.350 e. The second-order valence-corrected chi connectivity index (χ2v) is 4.51. The Bertz CT molecular complexity index is 577. The number of carbonyl (C=O) groups excluding carboxylic acids is 1. The van der Waals surface area contributed by atoms with E-state index in [1.165, 1.54) is 0 Å². The molecule has 0 aliphatic rings. The lowest BCUT2D eigenvalue weighted by atomic mass is 9.98. The fourth-order valence-electron chi connectivity index (χ4n) is 1.98. The first-order valence-electron chi connectivity index (χ1n) is 6.52. The van der Waals surface area contributed by atoms with E-state index in [1.807, 2.05) is 37.3 Å². The number of nitrogens with zero attached hydrogens (tertiary/aromatic N) is 2. The molecule has 0 aliphatic carbocycles. The molecule has 1 aromatic carbocycles. The second kappa shape index (κ2) is 8.34. The summed E-state index contributed by atoms with van der Waals surface area (Å²) in [6.07, 6.45) is 1.68. The number of amides is 1. The van der Waals surface area contributed by atoms with Gasteiger partial charge in [0.15, 0.2) is 0 Å². The third-order valence-corrected chi connectivity index (χ3v) is 3.03. The predicted molar refractivity (Wildman–Crippen MR) is 84.1 cm³/mol. The molecule has 3 N–H and O–H groups in total. The fourth-order valence-corrected chi connectivity index (χ4v) is 1.98. The van der Waals surface area contributed by atoms with E-state index in [0.717, 1.165) is 11.3 Å². The van der Waals surface area contributed by atoms with Gasteiger partial charge in [-0.3, -0.25) is 4.79 Å². The van der Waals surface area contributed by atoms with Crippen molar-refractivity contribution in [2.24, 2.45) is 5.73 Å². The Labute approximate surface area is 130 Å². The van der Waals surface area contributed by atoms with E-state index >= 15 is 0 Å². The number of nitrogens with one attached hydrogen (secondary N) is 1. The molecule has 0 saturated heterocycles. The first kappa shape index (κ1) is 17.1. The molecule has 6 heteroatoms. The van der Waals surface area contributed by atoms with E-state index in [4.69, 9.17) is 5.73 Å². The molecule has 0 saturated carbocycles. The van der Waals surface area contributed by atoms with Crippen LogP contribution in [0.15, 0.2) is 42.6 Å². The van der Waals surface area contributed by atoms with Crippen molar-refractivity contribution in [2.45, 2.75) is 19.4 Å². The highest BCUT2D eigenvalue weighted by Crippen LogP contribution is 2.14. The van der Waals surface area contributed by atoms with Gasteiger partial charge < -0.3 is 11.1 Å². The summed E-state index contributed by atoms with van der Waals surface area (Å²) in [6.45, 7) is 2.47. The Morgan fingerprint density at radius 1 is 1.29 bits per heavy atom. The number of aromatic nitrogens is 2. The van der Waals surface area contributed by atoms with Crippen molar-refractivity contribution in [3.8, 4) is 0 Å². The third-order valence-electron chi connectivity index (χ3n) is 3.03. The Morgan fingerprint density at radius 3 is 2.62 bits per heavy atom. The smallest absolute Gasteiger partial charge is 0.229 e. The molecule has 1 aromatic heterocycles. The highest BCUT2D eigenvalue weighted by molar-refractivity contribution is 5.85. The average molecular weight is 307 g/mol. The number of benzene rings is 1. The van der Waals surface area contributed by atoms with E-state index in [-0.39, 0.29) is 30.8 Å². The molecule has 0 radical (unpaired) electrons. The summed E-state index contributed by atoms with van der Waals surface area (Å²) in [4.78, 5) is 20.5. The van der Waals surface area contributed by atoms with E-state index in [0.29, 0.717) is 12.4 Å². The van der Waals surface area contributed by atoms with Gasteiger partial charge in [-0.2, -0.15) is 0 Å². The van der Waals surface area contributed by atoms with Crippen LogP contribution in [0.1, 0.15) is 23.0 Å². The van der Waals surface area contributed by atoms with Crippen LogP contribution >= 0.6 is 12.4 Å². The standard InChI is InChI=1S/C15H18N4O.ClH/c1-11-17-8-7-13(19-11)10-18-15(20)14(9-16)12-5-3-2-4-6-12;/h2-8,14H,9-10,16H2,1H3,(H,18,20);1H. The molecule has 0 spiro atoms. The van der Waals surface area contributed by atoms with Crippen LogP contribution < -0.4 is 11.1 Å². The van der Waals surface area contributed by atoms with E-state index < -0.39 is 0 Å². The predicted octanol–water partition coefficient (Wildman–Crippen LogP) is 1.57. The zero-order valence-corrected chi connectivity index (χ0v) is 12.6. The van der Waals surface area contributed by atoms with Gasteiger partial charge in [-0.1, -0.05) is 30.3 Å². The Hall–Kier alpha value is -1.98. The van der Waals surface area contributed by atoms with Gasteiger partial charge in [0, 0.05) is 12.7 Å². The third kappa shape index (κ3) is 4.81. The van der Waals surface area contributed by atoms with Crippen LogP contribution in [0.2, 0.25) is 0 Å². The molecule has 0 aliphatic heterocycles. The maximum absolute atomic E-state index is 12.2. The summed E-state index contributed by atoms with van der Waals surface area (Å²) in [5.74, 6) is 0.268. The monoisotopic (exact) mass is 306 g/mol. The normalized spacial score (nSPS) is 11.3. The van der Waals surface area contributed by atoms with Gasteiger partial charge in [-0.25, -0.2) is 9.97 Å². The Morgan fingerprint density at radius 2 is 2.00 bits per heavy atom. The topological polar surface area (TPSA) is 80.9 Å². The van der Waals surface area contributed by atoms with Crippen LogP contribution in [0, 0.1) is 6.92 Å². The number of halogens is 1. The summed E-state index contributed by atoms with van der Waals surface area (Å²) < 4.78 is 0. The molecule has 1 unspecified atom stereocenters. The van der Waals surface area contributed by atoms with Crippen molar-refractivity contribution >= 4 is 18.3 Å². The van der Waals surface area contributed by atoms with Gasteiger partial charge in [0.1, 0.15) is 5.82 Å². The quantitative estimate of drug-likeness (QED) is 0.878. The second-order valence-electron chi connectivity index (χ2n) is 4.51. The number of nitrogens with two attached hydrogens (primary N) is 1. The lowest BCUT2D eigenvalue weighted by Gasteiger charge is -2.15. The molecule has 2 rings (SSSR count). The first-order valence-corrected chi connectivity index (χ1v) is 6.52. The molecule has 21 heavy (non-hydrogen) atoms. The van der Waals surface area contributed by atoms with Gasteiger partial charge in [0.25, 0.3) is 0 Å². The zero-order chi connectivity index (χ0) is 14.4. The molecule has 2 aromatic rings. The lowest BCUT2D eigenvalue weighted by molar-refractivity contribution is -0.122. The Balaban J connectivity index is 0.00000220. The van der Waals surface area contributed by atoms with Crippen LogP contribution in [0.25, 0.3) is 0 Å². The van der Waals surface area contributed by atoms with E-state index in [2.05, 4.69) is 15.3 Å². The van der Waals surface area contributed by atoms with Crippen molar-refractivity contribution in [2.75, 3.05) is 6.54 Å². The van der Waals surface area contributed by atoms with Crippen molar-refractivity contribution in [1.29, 1.82) is 0 Å². The number of carbonyl (C=O) groups is 1. The minimum Gasteiger partial charge on any atom is -0.350 e. The van der Waals surface area contributed by atoms with Crippen LogP contribution in [0.4, 0.5) is 0 Å². The van der Waals surface area contributed by atoms with Crippen LogP contribution in [-0.2, 0) is 11.3 Å². The molecule has 1 atom stereocenters. The van der Waals surface area contributed by atoms with Gasteiger partial charge >= 0.3 is 0 Å². The SMILES string of the molecule is Cc1nccc(CNC(=O)C(CN)c2ccccc2)n1.Cl. The van der Waals surface area contributed by atoms with E-state index in [9.17, 15) is 4.79 Å². The molecule has 0 bridgehead atoms. The van der Waals surface area contributed by atoms with Crippen molar-refractivity contribution in [1.82, 2.24) is 15.3 Å². The number of rotatable bonds is 5. The molecule has 1 heterocycles. The van der Waals surface area contributed by atoms with Crippen molar-refractivity contribution < 1.29 is 4.79 Å². The van der Waals surface area contributed by atoms with Crippen LogP contribution in [0.5, 0.6) is 0 Å². The van der Waals surface area contributed by atoms with Crippen LogP contribution in [-0.4, -0.2) is 22.4 Å². The molecule has 1 amide bonds. The van der Waals surface area contributed by atoms with Crippen molar-refractivity contribution in [3.05, 3.63) is 59.7 Å². The molecular formula is C15H19ClN4O. The Kier molecular flexibility index (Phi) is 6.78. The van der Waals surface area contributed by atoms with E-state index in [1.54, 1.807) is 12.3 Å². The maximum atomic E-state index is 12.2. The average Bonchev–Trinajstić information content (AvgIpc) is 2.47. The number of aryl methyl sites for hydroxylation is 1. The molecule has 5 nitrogen and oxygen atoms in total. The number of hydrogen-bond acceptors (Lipinski definition) is 4. The van der Waals surface area contributed by atoms with Gasteiger partial charge in [0.2, 0.25) is 5.91 Å². The summed E-state index contributed by atoms with van der Waals surface area (Å²) >= 11 is 0. The van der Waals surface area contributed by atoms with Crippen molar-refractivity contribution in [3.63, 3.8) is 0 Å². The number of hydrogen-bond donors (Lipinski definition) is 2. The summed E-state index contributed by atoms with van der Waals surface area (Å²) in [5, 5.41) is 2.87. The minimum absolute atomic E-state index is 0. The van der Waals surface area contributed by atoms with Gasteiger partial charge in [-0.05, 0) is 18.6 Å². The molecule has 0 fully saturated rings. The molecule has 112 valence electrons. The molecular weight excluding hydrogens is 288 g/mol. The van der Waals surface area contributed by atoms with Gasteiger partial charge in [0.05, 0.1) is 18.2 Å². The highest BCUT2D eigenvalue weighted by Gasteiger charge is 2.18. The fraction of sp³-hybridized carbons (Fsp3) is 0.267. The maximum Gasteiger partial charge on any atom is 0.229 e.